The van der Waals surface area contributed by atoms with Crippen LogP contribution in [0.1, 0.15) is 55.7 Å². The number of esters is 1. The number of ether oxygens (including phenoxy) is 1. The van der Waals surface area contributed by atoms with Gasteiger partial charge in [-0.1, -0.05) is 49.0 Å². The molecule has 4 saturated carbocycles. The molecule has 2 nitrogen and oxygen atoms in total. The number of fused-ring (bicyclic) bond motifs is 3. The molecular weight excluding hydrogens is 356 g/mol. The number of carbonyl (C=O) groups excluding carboxylic acids is 1. The largest absolute Gasteiger partial charge is 0.450 e. The van der Waals surface area contributed by atoms with Gasteiger partial charge >= 0.3 is 5.97 Å². The molecule has 0 atom stereocenters. The van der Waals surface area contributed by atoms with E-state index in [-0.39, 0.29) is 5.97 Å². The Morgan fingerprint density at radius 3 is 2.28 bits per heavy atom. The first kappa shape index (κ1) is 17.5. The lowest BCUT2D eigenvalue weighted by Crippen LogP contribution is -2.58. The Hall–Kier alpha value is -2.35. The summed E-state index contributed by atoms with van der Waals surface area (Å²) in [5.74, 6) is 2.31. The lowest BCUT2D eigenvalue weighted by atomic mass is 9.48. The van der Waals surface area contributed by atoms with Crippen LogP contribution in [-0.4, -0.2) is 5.97 Å². The predicted molar refractivity (Wildman–Crippen MR) is 114 cm³/mol. The third-order valence-corrected chi connectivity index (χ3v) is 8.23. The zero-order valence-electron chi connectivity index (χ0n) is 17.1. The van der Waals surface area contributed by atoms with Crippen LogP contribution in [0, 0.1) is 23.7 Å². The van der Waals surface area contributed by atoms with Gasteiger partial charge in [-0.05, 0) is 79.5 Å². The van der Waals surface area contributed by atoms with E-state index in [4.69, 9.17) is 4.74 Å². The molecule has 0 aliphatic heterocycles. The summed E-state index contributed by atoms with van der Waals surface area (Å²) in [4.78, 5) is 12.9. The zero-order chi connectivity index (χ0) is 19.8. The minimum absolute atomic E-state index is 0.217. The van der Waals surface area contributed by atoms with Crippen LogP contribution in [-0.2, 0) is 21.6 Å². The molecule has 2 aromatic carbocycles. The van der Waals surface area contributed by atoms with Gasteiger partial charge in [0.15, 0.2) is 0 Å². The molecule has 0 amide bonds. The van der Waals surface area contributed by atoms with Gasteiger partial charge < -0.3 is 4.74 Å². The molecule has 4 bridgehead atoms. The van der Waals surface area contributed by atoms with Crippen molar-refractivity contribution in [3.63, 3.8) is 0 Å². The predicted octanol–water partition coefficient (Wildman–Crippen LogP) is 6.03. The Balaban J connectivity index is 1.54. The summed E-state index contributed by atoms with van der Waals surface area (Å²) >= 11 is 0. The Morgan fingerprint density at radius 2 is 1.59 bits per heavy atom. The maximum absolute atomic E-state index is 12.9. The SMILES string of the molecule is C=C(C)C(=O)OC1(c2cccc3c2Cc2ccccc2-3)C2CC3CC(C2)CC1C3. The molecule has 2 heteroatoms. The molecule has 29 heavy (non-hydrogen) atoms. The van der Waals surface area contributed by atoms with Crippen LogP contribution in [0.4, 0.5) is 0 Å². The molecule has 0 spiro atoms. The van der Waals surface area contributed by atoms with Crippen LogP contribution in [0.2, 0.25) is 0 Å². The third kappa shape index (κ3) is 2.38. The lowest BCUT2D eigenvalue weighted by molar-refractivity contribution is -0.211. The normalized spacial score (nSPS) is 33.3. The van der Waals surface area contributed by atoms with Crippen LogP contribution in [0.25, 0.3) is 11.1 Å². The summed E-state index contributed by atoms with van der Waals surface area (Å²) in [6, 6.07) is 15.4. The molecule has 0 N–H and O–H groups in total. The molecule has 7 rings (SSSR count). The molecule has 5 aliphatic rings. The van der Waals surface area contributed by atoms with Gasteiger partial charge in [0.2, 0.25) is 0 Å². The number of benzene rings is 2. The first-order valence-electron chi connectivity index (χ1n) is 11.2. The van der Waals surface area contributed by atoms with Gasteiger partial charge in [0.25, 0.3) is 0 Å². The van der Waals surface area contributed by atoms with Crippen molar-refractivity contribution in [1.29, 1.82) is 0 Å². The summed E-state index contributed by atoms with van der Waals surface area (Å²) in [6.45, 7) is 5.67. The summed E-state index contributed by atoms with van der Waals surface area (Å²) < 4.78 is 6.55. The number of hydrogen-bond donors (Lipinski definition) is 0. The van der Waals surface area contributed by atoms with E-state index >= 15 is 0 Å². The van der Waals surface area contributed by atoms with Crippen LogP contribution in [0.5, 0.6) is 0 Å². The average Bonchev–Trinajstić information content (AvgIpc) is 3.09. The highest BCUT2D eigenvalue weighted by Gasteiger charge is 2.61. The first-order valence-corrected chi connectivity index (χ1v) is 11.2. The molecule has 148 valence electrons. The fourth-order valence-electron chi connectivity index (χ4n) is 7.31. The van der Waals surface area contributed by atoms with Crippen molar-refractivity contribution in [2.75, 3.05) is 0 Å². The van der Waals surface area contributed by atoms with Crippen molar-refractivity contribution >= 4 is 5.97 Å². The van der Waals surface area contributed by atoms with Crippen LogP contribution >= 0.6 is 0 Å². The van der Waals surface area contributed by atoms with Crippen LogP contribution < -0.4 is 0 Å². The standard InChI is InChI=1S/C27H28O2/c1-16(2)26(28)29-27(20-11-17-10-18(13-20)14-21(27)12-17)25-9-5-8-23-22-7-4-3-6-19(22)15-24(23)25/h3-9,17-18,20-21H,1,10-15H2,2H3. The second-order valence-electron chi connectivity index (χ2n) is 9.93. The highest BCUT2D eigenvalue weighted by atomic mass is 16.6. The topological polar surface area (TPSA) is 26.3 Å². The molecule has 5 aliphatic carbocycles. The van der Waals surface area contributed by atoms with Crippen LogP contribution in [0.3, 0.4) is 0 Å². The quantitative estimate of drug-likeness (QED) is 0.407. The summed E-state index contributed by atoms with van der Waals surface area (Å²) in [6.07, 6.45) is 7.14. The fourth-order valence-corrected chi connectivity index (χ4v) is 7.31. The number of carbonyl (C=O) groups is 1. The smallest absolute Gasteiger partial charge is 0.334 e. The van der Waals surface area contributed by atoms with E-state index < -0.39 is 5.60 Å². The van der Waals surface area contributed by atoms with Gasteiger partial charge in [0.05, 0.1) is 0 Å². The average molecular weight is 385 g/mol. The van der Waals surface area contributed by atoms with E-state index in [1.807, 2.05) is 0 Å². The summed E-state index contributed by atoms with van der Waals surface area (Å²) in [5.41, 5.74) is 6.77. The third-order valence-electron chi connectivity index (χ3n) is 8.23. The van der Waals surface area contributed by atoms with Gasteiger partial charge in [0, 0.05) is 23.0 Å². The lowest BCUT2D eigenvalue weighted by Gasteiger charge is -2.60. The molecule has 4 fully saturated rings. The molecule has 0 saturated heterocycles. The van der Waals surface area contributed by atoms with Crippen molar-refractivity contribution in [3.05, 3.63) is 71.3 Å². The Kier molecular flexibility index (Phi) is 3.67. The second-order valence-corrected chi connectivity index (χ2v) is 9.93. The number of rotatable bonds is 3. The summed E-state index contributed by atoms with van der Waals surface area (Å²) in [5, 5.41) is 0. The highest BCUT2D eigenvalue weighted by Crippen LogP contribution is 2.64. The van der Waals surface area contributed by atoms with Gasteiger partial charge in [-0.25, -0.2) is 4.79 Å². The molecule has 0 heterocycles. The molecule has 0 radical (unpaired) electrons. The first-order chi connectivity index (χ1) is 14.1. The Bertz CT molecular complexity index is 1000. The van der Waals surface area contributed by atoms with Gasteiger partial charge in [-0.2, -0.15) is 0 Å². The highest BCUT2D eigenvalue weighted by molar-refractivity contribution is 5.87. The van der Waals surface area contributed by atoms with Crippen molar-refractivity contribution in [2.24, 2.45) is 23.7 Å². The molecular formula is C27H28O2. The van der Waals surface area contributed by atoms with E-state index in [0.29, 0.717) is 17.4 Å². The van der Waals surface area contributed by atoms with Crippen molar-refractivity contribution < 1.29 is 9.53 Å². The maximum atomic E-state index is 12.9. The van der Waals surface area contributed by atoms with Crippen molar-refractivity contribution in [2.45, 2.75) is 51.0 Å². The molecule has 0 unspecified atom stereocenters. The van der Waals surface area contributed by atoms with Gasteiger partial charge in [-0.3, -0.25) is 0 Å². The minimum Gasteiger partial charge on any atom is -0.450 e. The second kappa shape index (κ2) is 6.08. The van der Waals surface area contributed by atoms with E-state index in [2.05, 4.69) is 49.0 Å². The Labute approximate surface area is 173 Å². The summed E-state index contributed by atoms with van der Waals surface area (Å²) in [7, 11) is 0. The molecule has 0 aromatic heterocycles. The fraction of sp³-hybridized carbons (Fsp3) is 0.444. The number of hydrogen-bond acceptors (Lipinski definition) is 2. The molecule has 2 aromatic rings. The van der Waals surface area contributed by atoms with E-state index in [1.54, 1.807) is 6.92 Å². The van der Waals surface area contributed by atoms with Crippen molar-refractivity contribution in [1.82, 2.24) is 0 Å². The van der Waals surface area contributed by atoms with Crippen molar-refractivity contribution in [3.8, 4) is 11.1 Å². The van der Waals surface area contributed by atoms with E-state index in [1.165, 1.54) is 59.9 Å². The van der Waals surface area contributed by atoms with Gasteiger partial charge in [-0.15, -0.1) is 0 Å². The van der Waals surface area contributed by atoms with E-state index in [9.17, 15) is 4.79 Å². The van der Waals surface area contributed by atoms with E-state index in [0.717, 1.165) is 18.3 Å². The monoisotopic (exact) mass is 384 g/mol. The maximum Gasteiger partial charge on any atom is 0.334 e. The minimum atomic E-state index is -0.475. The van der Waals surface area contributed by atoms with Crippen LogP contribution in [0.15, 0.2) is 54.6 Å². The van der Waals surface area contributed by atoms with Gasteiger partial charge in [0.1, 0.15) is 5.60 Å². The Morgan fingerprint density at radius 1 is 0.931 bits per heavy atom. The zero-order valence-corrected chi connectivity index (χ0v) is 17.1.